The number of aryl methyl sites for hydroxylation is 1. The predicted octanol–water partition coefficient (Wildman–Crippen LogP) is 4.21. The molecule has 2 aromatic carbocycles. The molecular formula is C19H24N2. The van der Waals surface area contributed by atoms with E-state index in [2.05, 4.69) is 37.3 Å². The Balaban J connectivity index is 2.08. The topological polar surface area (TPSA) is 52.0 Å². The molecule has 0 heterocycles. The maximum atomic E-state index is 6.42. The van der Waals surface area contributed by atoms with Crippen molar-refractivity contribution in [3.05, 3.63) is 59.2 Å². The van der Waals surface area contributed by atoms with Crippen LogP contribution in [0.2, 0.25) is 0 Å². The Bertz CT molecular complexity index is 626. The third kappa shape index (κ3) is 2.51. The highest BCUT2D eigenvalue weighted by Gasteiger charge is 2.38. The number of hydrogen-bond acceptors (Lipinski definition) is 2. The van der Waals surface area contributed by atoms with E-state index in [-0.39, 0.29) is 5.41 Å². The van der Waals surface area contributed by atoms with Crippen LogP contribution in [0.5, 0.6) is 0 Å². The molecule has 0 amide bonds. The van der Waals surface area contributed by atoms with E-state index in [9.17, 15) is 0 Å². The van der Waals surface area contributed by atoms with E-state index in [1.807, 2.05) is 12.1 Å². The van der Waals surface area contributed by atoms with Gasteiger partial charge in [0, 0.05) is 22.4 Å². The molecule has 1 saturated carbocycles. The Morgan fingerprint density at radius 2 is 1.62 bits per heavy atom. The van der Waals surface area contributed by atoms with E-state index in [0.717, 1.165) is 23.4 Å². The lowest BCUT2D eigenvalue weighted by Crippen LogP contribution is -2.28. The predicted molar refractivity (Wildman–Crippen MR) is 90.3 cm³/mol. The normalized spacial score (nSPS) is 17.0. The van der Waals surface area contributed by atoms with Gasteiger partial charge in [-0.3, -0.25) is 0 Å². The summed E-state index contributed by atoms with van der Waals surface area (Å²) in [6, 6.07) is 14.8. The lowest BCUT2D eigenvalue weighted by molar-refractivity contribution is 0.441. The zero-order valence-electron chi connectivity index (χ0n) is 12.7. The number of rotatable bonds is 3. The Labute approximate surface area is 127 Å². The fourth-order valence-electron chi connectivity index (χ4n) is 3.89. The summed E-state index contributed by atoms with van der Waals surface area (Å²) in [4.78, 5) is 0. The first-order chi connectivity index (χ1) is 10.1. The highest BCUT2D eigenvalue weighted by molar-refractivity contribution is 5.68. The van der Waals surface area contributed by atoms with Gasteiger partial charge in [0.15, 0.2) is 0 Å². The third-order valence-electron chi connectivity index (χ3n) is 4.97. The number of nitrogen functional groups attached to an aromatic ring is 2. The van der Waals surface area contributed by atoms with Crippen LogP contribution in [0.25, 0.3) is 0 Å². The van der Waals surface area contributed by atoms with Gasteiger partial charge in [0.1, 0.15) is 0 Å². The number of benzene rings is 2. The van der Waals surface area contributed by atoms with Crippen LogP contribution in [0.3, 0.4) is 0 Å². The van der Waals surface area contributed by atoms with Crippen LogP contribution < -0.4 is 11.5 Å². The SMILES string of the molecule is Cc1ccc(N)c(C2(Cc3ccccc3)CCCC2)c1N. The van der Waals surface area contributed by atoms with Crippen molar-refractivity contribution in [2.24, 2.45) is 0 Å². The van der Waals surface area contributed by atoms with Crippen molar-refractivity contribution in [3.8, 4) is 0 Å². The van der Waals surface area contributed by atoms with Gasteiger partial charge in [-0.05, 0) is 43.4 Å². The molecule has 3 rings (SSSR count). The van der Waals surface area contributed by atoms with Gasteiger partial charge in [-0.1, -0.05) is 49.2 Å². The summed E-state index contributed by atoms with van der Waals surface area (Å²) < 4.78 is 0. The summed E-state index contributed by atoms with van der Waals surface area (Å²) >= 11 is 0. The second kappa shape index (κ2) is 5.44. The molecule has 1 fully saturated rings. The van der Waals surface area contributed by atoms with Gasteiger partial charge in [-0.25, -0.2) is 0 Å². The summed E-state index contributed by atoms with van der Waals surface area (Å²) in [7, 11) is 0. The van der Waals surface area contributed by atoms with Gasteiger partial charge in [0.2, 0.25) is 0 Å². The van der Waals surface area contributed by atoms with Crippen LogP contribution in [0.4, 0.5) is 11.4 Å². The van der Waals surface area contributed by atoms with Crippen molar-refractivity contribution in [1.82, 2.24) is 0 Å². The summed E-state index contributed by atoms with van der Waals surface area (Å²) in [5, 5.41) is 0. The summed E-state index contributed by atoms with van der Waals surface area (Å²) in [5.74, 6) is 0. The molecule has 2 aromatic rings. The molecule has 0 aromatic heterocycles. The summed E-state index contributed by atoms with van der Waals surface area (Å²) in [6.07, 6.45) is 5.92. The van der Waals surface area contributed by atoms with Crippen LogP contribution in [0.15, 0.2) is 42.5 Å². The number of anilines is 2. The third-order valence-corrected chi connectivity index (χ3v) is 4.97. The second-order valence-electron chi connectivity index (χ2n) is 6.41. The van der Waals surface area contributed by atoms with Gasteiger partial charge in [0.05, 0.1) is 0 Å². The first-order valence-electron chi connectivity index (χ1n) is 7.81. The highest BCUT2D eigenvalue weighted by atomic mass is 14.7. The lowest BCUT2D eigenvalue weighted by Gasteiger charge is -2.33. The first-order valence-corrected chi connectivity index (χ1v) is 7.81. The number of hydrogen-bond donors (Lipinski definition) is 2. The summed E-state index contributed by atoms with van der Waals surface area (Å²) in [5.41, 5.74) is 18.3. The molecule has 110 valence electrons. The highest BCUT2D eigenvalue weighted by Crippen LogP contribution is 2.48. The van der Waals surface area contributed by atoms with Crippen LogP contribution in [0.1, 0.15) is 42.4 Å². The van der Waals surface area contributed by atoms with Crippen LogP contribution in [-0.4, -0.2) is 0 Å². The maximum absolute atomic E-state index is 6.42. The smallest absolute Gasteiger partial charge is 0.0402 e. The molecule has 21 heavy (non-hydrogen) atoms. The van der Waals surface area contributed by atoms with Crippen molar-refractivity contribution in [3.63, 3.8) is 0 Å². The van der Waals surface area contributed by atoms with Gasteiger partial charge in [-0.2, -0.15) is 0 Å². The van der Waals surface area contributed by atoms with Crippen molar-refractivity contribution < 1.29 is 0 Å². The van der Waals surface area contributed by atoms with Crippen LogP contribution >= 0.6 is 0 Å². The Morgan fingerprint density at radius 3 is 2.29 bits per heavy atom. The van der Waals surface area contributed by atoms with E-state index in [0.29, 0.717) is 0 Å². The molecule has 1 aliphatic carbocycles. The minimum atomic E-state index is 0.113. The van der Waals surface area contributed by atoms with Crippen molar-refractivity contribution in [2.75, 3.05) is 11.5 Å². The largest absolute Gasteiger partial charge is 0.398 e. The molecule has 0 atom stereocenters. The zero-order chi connectivity index (χ0) is 14.9. The van der Waals surface area contributed by atoms with Crippen molar-refractivity contribution >= 4 is 11.4 Å². The quantitative estimate of drug-likeness (QED) is 0.827. The standard InChI is InChI=1S/C19H24N2/c1-14-9-10-16(20)17(18(14)21)19(11-5-6-12-19)13-15-7-3-2-4-8-15/h2-4,7-10H,5-6,11-13,20-21H2,1H3. The monoisotopic (exact) mass is 280 g/mol. The molecular weight excluding hydrogens is 256 g/mol. The van der Waals surface area contributed by atoms with Crippen molar-refractivity contribution in [1.29, 1.82) is 0 Å². The molecule has 1 aliphatic rings. The zero-order valence-corrected chi connectivity index (χ0v) is 12.7. The van der Waals surface area contributed by atoms with Gasteiger partial charge < -0.3 is 11.5 Å². The molecule has 0 radical (unpaired) electrons. The molecule has 0 unspecified atom stereocenters. The van der Waals surface area contributed by atoms with E-state index in [1.165, 1.54) is 36.8 Å². The number of nitrogens with two attached hydrogens (primary N) is 2. The Kier molecular flexibility index (Phi) is 3.62. The van der Waals surface area contributed by atoms with Crippen LogP contribution in [-0.2, 0) is 11.8 Å². The Hall–Kier alpha value is -1.96. The van der Waals surface area contributed by atoms with Gasteiger partial charge in [-0.15, -0.1) is 0 Å². The average Bonchev–Trinajstić information content (AvgIpc) is 2.94. The molecule has 4 N–H and O–H groups in total. The van der Waals surface area contributed by atoms with E-state index in [4.69, 9.17) is 11.5 Å². The molecule has 0 saturated heterocycles. The minimum absolute atomic E-state index is 0.113. The second-order valence-corrected chi connectivity index (χ2v) is 6.41. The fourth-order valence-corrected chi connectivity index (χ4v) is 3.89. The van der Waals surface area contributed by atoms with E-state index < -0.39 is 0 Å². The van der Waals surface area contributed by atoms with E-state index >= 15 is 0 Å². The van der Waals surface area contributed by atoms with Gasteiger partial charge >= 0.3 is 0 Å². The minimum Gasteiger partial charge on any atom is -0.398 e. The lowest BCUT2D eigenvalue weighted by atomic mass is 9.72. The molecule has 2 nitrogen and oxygen atoms in total. The maximum Gasteiger partial charge on any atom is 0.0402 e. The fraction of sp³-hybridized carbons (Fsp3) is 0.368. The Morgan fingerprint density at radius 1 is 0.952 bits per heavy atom. The molecule has 0 aliphatic heterocycles. The molecule has 2 heteroatoms. The first kappa shape index (κ1) is 14.0. The van der Waals surface area contributed by atoms with Crippen LogP contribution in [0, 0.1) is 6.92 Å². The van der Waals surface area contributed by atoms with E-state index in [1.54, 1.807) is 0 Å². The van der Waals surface area contributed by atoms with Gasteiger partial charge in [0.25, 0.3) is 0 Å². The average molecular weight is 280 g/mol. The summed E-state index contributed by atoms with van der Waals surface area (Å²) in [6.45, 7) is 2.07. The molecule has 0 bridgehead atoms. The molecule has 0 spiro atoms. The van der Waals surface area contributed by atoms with Crippen molar-refractivity contribution in [2.45, 2.75) is 44.4 Å².